The van der Waals surface area contributed by atoms with Gasteiger partial charge in [0.15, 0.2) is 0 Å². The van der Waals surface area contributed by atoms with E-state index >= 15 is 0 Å². The first kappa shape index (κ1) is 15.5. The van der Waals surface area contributed by atoms with Crippen LogP contribution in [0.5, 0.6) is 0 Å². The second-order valence-electron chi connectivity index (χ2n) is 6.77. The fourth-order valence-corrected chi connectivity index (χ4v) is 4.50. The third-order valence-corrected chi connectivity index (χ3v) is 6.26. The molecule has 1 saturated heterocycles. The van der Waals surface area contributed by atoms with E-state index in [1.54, 1.807) is 0 Å². The number of ether oxygens (including phenoxy) is 1. The molecule has 0 radical (unpaired) electrons. The summed E-state index contributed by atoms with van der Waals surface area (Å²) in [7, 11) is 2.10. The summed E-state index contributed by atoms with van der Waals surface area (Å²) in [5.41, 5.74) is 2.93. The summed E-state index contributed by atoms with van der Waals surface area (Å²) in [6.07, 6.45) is 7.59. The molecule has 2 fully saturated rings. The molecule has 3 heteroatoms. The second-order valence-corrected chi connectivity index (χ2v) is 7.62. The van der Waals surface area contributed by atoms with Crippen LogP contribution < -0.4 is 5.32 Å². The van der Waals surface area contributed by atoms with E-state index in [1.807, 2.05) is 0 Å². The minimum atomic E-state index is 0.197. The molecule has 3 rings (SSSR count). The number of hydrogen-bond acceptors (Lipinski definition) is 2. The lowest BCUT2D eigenvalue weighted by atomic mass is 9.78. The molecule has 2 unspecified atom stereocenters. The van der Waals surface area contributed by atoms with Gasteiger partial charge in [0.05, 0.1) is 5.60 Å². The number of hydrogen-bond donors (Lipinski definition) is 1. The minimum absolute atomic E-state index is 0.197. The molecule has 1 aromatic rings. The summed E-state index contributed by atoms with van der Waals surface area (Å²) in [5.74, 6) is 0.683. The Kier molecular flexibility index (Phi) is 4.72. The summed E-state index contributed by atoms with van der Waals surface area (Å²) < 4.78 is 7.39. The second kappa shape index (κ2) is 6.39. The smallest absolute Gasteiger partial charge is 0.0686 e. The van der Waals surface area contributed by atoms with Crippen molar-refractivity contribution in [3.8, 4) is 0 Å². The zero-order chi connectivity index (χ0) is 14.9. The molecular formula is C18H26BrNO. The summed E-state index contributed by atoms with van der Waals surface area (Å²) >= 11 is 3.60. The van der Waals surface area contributed by atoms with Crippen LogP contribution in [-0.2, 0) is 4.74 Å². The van der Waals surface area contributed by atoms with Crippen LogP contribution in [0.1, 0.15) is 55.7 Å². The first-order valence-corrected chi connectivity index (χ1v) is 9.00. The Hall–Kier alpha value is -0.380. The van der Waals surface area contributed by atoms with E-state index in [-0.39, 0.29) is 5.60 Å². The highest BCUT2D eigenvalue weighted by molar-refractivity contribution is 9.10. The van der Waals surface area contributed by atoms with Crippen LogP contribution in [0.25, 0.3) is 0 Å². The first-order chi connectivity index (χ1) is 10.1. The highest BCUT2D eigenvalue weighted by Crippen LogP contribution is 2.45. The van der Waals surface area contributed by atoms with Gasteiger partial charge in [-0.2, -0.15) is 0 Å². The van der Waals surface area contributed by atoms with Crippen molar-refractivity contribution < 1.29 is 4.74 Å². The van der Waals surface area contributed by atoms with Gasteiger partial charge in [0.25, 0.3) is 0 Å². The lowest BCUT2D eigenvalue weighted by Gasteiger charge is -2.41. The van der Waals surface area contributed by atoms with Crippen molar-refractivity contribution in [1.82, 2.24) is 5.32 Å². The monoisotopic (exact) mass is 351 g/mol. The van der Waals surface area contributed by atoms with Gasteiger partial charge in [-0.15, -0.1) is 0 Å². The number of benzene rings is 1. The summed E-state index contributed by atoms with van der Waals surface area (Å²) in [6, 6.07) is 7.20. The van der Waals surface area contributed by atoms with Gasteiger partial charge < -0.3 is 10.1 Å². The average Bonchev–Trinajstić information content (AvgIpc) is 2.91. The Bertz CT molecular complexity index is 496. The molecule has 0 bridgehead atoms. The SMILES string of the molecule is CNC(c1ccc(Br)c(C)c1)C1CCOC2(CCCC2)C1. The van der Waals surface area contributed by atoms with Gasteiger partial charge in [-0.1, -0.05) is 40.9 Å². The lowest BCUT2D eigenvalue weighted by Crippen LogP contribution is -2.41. The fourth-order valence-electron chi connectivity index (χ4n) is 4.25. The molecule has 2 aliphatic rings. The predicted octanol–water partition coefficient (Wildman–Crippen LogP) is 4.76. The summed E-state index contributed by atoms with van der Waals surface area (Å²) in [6.45, 7) is 3.10. The van der Waals surface area contributed by atoms with E-state index in [9.17, 15) is 0 Å². The summed E-state index contributed by atoms with van der Waals surface area (Å²) in [5, 5.41) is 3.57. The van der Waals surface area contributed by atoms with Gasteiger partial charge in [0.2, 0.25) is 0 Å². The molecule has 1 N–H and O–H groups in total. The molecule has 21 heavy (non-hydrogen) atoms. The van der Waals surface area contributed by atoms with E-state index in [4.69, 9.17) is 4.74 Å². The van der Waals surface area contributed by atoms with Crippen molar-refractivity contribution in [3.05, 3.63) is 33.8 Å². The van der Waals surface area contributed by atoms with Crippen molar-refractivity contribution >= 4 is 15.9 Å². The van der Waals surface area contributed by atoms with Crippen LogP contribution in [0.2, 0.25) is 0 Å². The predicted molar refractivity (Wildman–Crippen MR) is 90.6 cm³/mol. The zero-order valence-electron chi connectivity index (χ0n) is 13.1. The van der Waals surface area contributed by atoms with E-state index in [2.05, 4.69) is 53.4 Å². The third-order valence-electron chi connectivity index (χ3n) is 5.37. The molecular weight excluding hydrogens is 326 g/mol. The van der Waals surface area contributed by atoms with Crippen LogP contribution >= 0.6 is 15.9 Å². The molecule has 1 aliphatic heterocycles. The van der Waals surface area contributed by atoms with Gasteiger partial charge in [0.1, 0.15) is 0 Å². The topological polar surface area (TPSA) is 21.3 Å². The fraction of sp³-hybridized carbons (Fsp3) is 0.667. The zero-order valence-corrected chi connectivity index (χ0v) is 14.7. The molecule has 1 saturated carbocycles. The minimum Gasteiger partial charge on any atom is -0.375 e. The first-order valence-electron chi connectivity index (χ1n) is 8.21. The van der Waals surface area contributed by atoms with Crippen molar-refractivity contribution in [2.24, 2.45) is 5.92 Å². The molecule has 0 amide bonds. The van der Waals surface area contributed by atoms with Gasteiger partial charge in [0, 0.05) is 17.1 Å². The van der Waals surface area contributed by atoms with Crippen LogP contribution in [0.4, 0.5) is 0 Å². The number of halogens is 1. The highest BCUT2D eigenvalue weighted by atomic mass is 79.9. The van der Waals surface area contributed by atoms with E-state index < -0.39 is 0 Å². The molecule has 116 valence electrons. The molecule has 1 spiro atoms. The van der Waals surface area contributed by atoms with Gasteiger partial charge in [-0.3, -0.25) is 0 Å². The van der Waals surface area contributed by atoms with Crippen molar-refractivity contribution in [1.29, 1.82) is 0 Å². The maximum Gasteiger partial charge on any atom is 0.0686 e. The molecule has 1 heterocycles. The molecule has 1 aliphatic carbocycles. The van der Waals surface area contributed by atoms with Crippen LogP contribution in [0.15, 0.2) is 22.7 Å². The number of aryl methyl sites for hydroxylation is 1. The van der Waals surface area contributed by atoms with Crippen molar-refractivity contribution in [2.45, 2.75) is 57.1 Å². The largest absolute Gasteiger partial charge is 0.375 e. The van der Waals surface area contributed by atoms with Crippen LogP contribution in [0.3, 0.4) is 0 Å². The molecule has 2 atom stereocenters. The van der Waals surface area contributed by atoms with Crippen LogP contribution in [-0.4, -0.2) is 19.3 Å². The molecule has 0 aromatic heterocycles. The summed E-state index contributed by atoms with van der Waals surface area (Å²) in [4.78, 5) is 0. The highest BCUT2D eigenvalue weighted by Gasteiger charge is 2.41. The Balaban J connectivity index is 1.80. The standard InChI is InChI=1S/C18H26BrNO/c1-13-11-14(5-6-16(13)19)17(20-2)15-7-10-21-18(12-15)8-3-4-9-18/h5-6,11,15,17,20H,3-4,7-10,12H2,1-2H3. The number of nitrogens with one attached hydrogen (secondary N) is 1. The van der Waals surface area contributed by atoms with E-state index in [0.717, 1.165) is 6.61 Å². The van der Waals surface area contributed by atoms with E-state index in [0.29, 0.717) is 12.0 Å². The Morgan fingerprint density at radius 3 is 2.76 bits per heavy atom. The van der Waals surface area contributed by atoms with E-state index in [1.165, 1.54) is 54.1 Å². The van der Waals surface area contributed by atoms with Crippen molar-refractivity contribution in [2.75, 3.05) is 13.7 Å². The maximum absolute atomic E-state index is 6.19. The van der Waals surface area contributed by atoms with Gasteiger partial charge in [-0.05, 0) is 62.8 Å². The van der Waals surface area contributed by atoms with Gasteiger partial charge >= 0.3 is 0 Å². The quantitative estimate of drug-likeness (QED) is 0.847. The van der Waals surface area contributed by atoms with Crippen LogP contribution in [0, 0.1) is 12.8 Å². The normalized spacial score (nSPS) is 26.1. The third kappa shape index (κ3) is 3.20. The average molecular weight is 352 g/mol. The Labute approximate surface area is 136 Å². The Morgan fingerprint density at radius 2 is 2.10 bits per heavy atom. The molecule has 2 nitrogen and oxygen atoms in total. The Morgan fingerprint density at radius 1 is 1.33 bits per heavy atom. The lowest BCUT2D eigenvalue weighted by molar-refractivity contribution is -0.0978. The number of rotatable bonds is 3. The van der Waals surface area contributed by atoms with Gasteiger partial charge in [-0.25, -0.2) is 0 Å². The molecule has 1 aromatic carbocycles. The maximum atomic E-state index is 6.19. The van der Waals surface area contributed by atoms with Crippen molar-refractivity contribution in [3.63, 3.8) is 0 Å².